The van der Waals surface area contributed by atoms with Crippen LogP contribution in [0.5, 0.6) is 17.2 Å². The van der Waals surface area contributed by atoms with Crippen molar-refractivity contribution in [1.82, 2.24) is 0 Å². The van der Waals surface area contributed by atoms with Crippen LogP contribution in [0.4, 0.5) is 5.69 Å². The highest BCUT2D eigenvalue weighted by Crippen LogP contribution is 2.38. The third kappa shape index (κ3) is 2.17. The number of ether oxygens (including phenoxy) is 2. The molecule has 0 amide bonds. The highest BCUT2D eigenvalue weighted by Gasteiger charge is 2.24. The van der Waals surface area contributed by atoms with Crippen molar-refractivity contribution in [2.45, 2.75) is 6.04 Å². The molecule has 0 saturated heterocycles. The number of benzene rings is 2. The van der Waals surface area contributed by atoms with E-state index in [9.17, 15) is 5.11 Å². The van der Waals surface area contributed by atoms with E-state index in [4.69, 9.17) is 9.47 Å². The van der Waals surface area contributed by atoms with Gasteiger partial charge in [0.15, 0.2) is 0 Å². The van der Waals surface area contributed by atoms with Gasteiger partial charge in [0.2, 0.25) is 0 Å². The van der Waals surface area contributed by atoms with Gasteiger partial charge in [0.25, 0.3) is 0 Å². The van der Waals surface area contributed by atoms with E-state index in [1.807, 2.05) is 30.3 Å². The van der Waals surface area contributed by atoms with E-state index in [0.717, 1.165) is 22.7 Å². The maximum Gasteiger partial charge on any atom is 0.141 e. The third-order valence-corrected chi connectivity index (χ3v) is 3.21. The van der Waals surface area contributed by atoms with E-state index < -0.39 is 0 Å². The first kappa shape index (κ1) is 11.7. The molecule has 2 aromatic rings. The number of anilines is 1. The summed E-state index contributed by atoms with van der Waals surface area (Å²) in [5, 5.41) is 12.8. The largest absolute Gasteiger partial charge is 0.508 e. The summed E-state index contributed by atoms with van der Waals surface area (Å²) in [4.78, 5) is 0. The minimum atomic E-state index is 0.0619. The fourth-order valence-electron chi connectivity index (χ4n) is 2.27. The topological polar surface area (TPSA) is 50.7 Å². The fourth-order valence-corrected chi connectivity index (χ4v) is 2.27. The van der Waals surface area contributed by atoms with E-state index in [1.165, 1.54) is 0 Å². The Bertz CT molecular complexity index is 598. The lowest BCUT2D eigenvalue weighted by molar-refractivity contribution is 0.337. The Kier molecular flexibility index (Phi) is 2.91. The van der Waals surface area contributed by atoms with Crippen LogP contribution in [-0.4, -0.2) is 18.8 Å². The summed E-state index contributed by atoms with van der Waals surface area (Å²) in [6.45, 7) is 0.539. The zero-order valence-electron chi connectivity index (χ0n) is 10.6. The molecule has 1 heterocycles. The third-order valence-electron chi connectivity index (χ3n) is 3.21. The van der Waals surface area contributed by atoms with E-state index in [0.29, 0.717) is 6.61 Å². The SMILES string of the molecule is COc1ccccc1NC1COc2cc(O)ccc21. The minimum absolute atomic E-state index is 0.0619. The van der Waals surface area contributed by atoms with Crippen LogP contribution in [0.15, 0.2) is 42.5 Å². The molecule has 1 atom stereocenters. The molecule has 0 fully saturated rings. The molecule has 19 heavy (non-hydrogen) atoms. The average Bonchev–Trinajstić information content (AvgIpc) is 2.82. The molecule has 3 rings (SSSR count). The van der Waals surface area contributed by atoms with Crippen LogP contribution < -0.4 is 14.8 Å². The summed E-state index contributed by atoms with van der Waals surface area (Å²) in [6.07, 6.45) is 0. The average molecular weight is 257 g/mol. The van der Waals surface area contributed by atoms with Crippen molar-refractivity contribution in [2.75, 3.05) is 19.0 Å². The Labute approximate surface area is 111 Å². The molecule has 1 aliphatic rings. The molecule has 4 nitrogen and oxygen atoms in total. The van der Waals surface area contributed by atoms with Crippen LogP contribution in [0.25, 0.3) is 0 Å². The van der Waals surface area contributed by atoms with Gasteiger partial charge in [-0.05, 0) is 24.3 Å². The summed E-state index contributed by atoms with van der Waals surface area (Å²) in [6, 6.07) is 13.0. The summed E-state index contributed by atoms with van der Waals surface area (Å²) >= 11 is 0. The molecule has 0 aromatic heterocycles. The quantitative estimate of drug-likeness (QED) is 0.887. The summed E-state index contributed by atoms with van der Waals surface area (Å²) in [5.74, 6) is 1.75. The van der Waals surface area contributed by atoms with E-state index in [-0.39, 0.29) is 11.8 Å². The molecule has 0 saturated carbocycles. The van der Waals surface area contributed by atoms with Gasteiger partial charge in [-0.1, -0.05) is 12.1 Å². The van der Waals surface area contributed by atoms with Crippen LogP contribution in [0.2, 0.25) is 0 Å². The Balaban J connectivity index is 1.87. The number of hydrogen-bond acceptors (Lipinski definition) is 4. The van der Waals surface area contributed by atoms with E-state index in [2.05, 4.69) is 5.32 Å². The highest BCUT2D eigenvalue weighted by atomic mass is 16.5. The lowest BCUT2D eigenvalue weighted by Gasteiger charge is -2.15. The summed E-state index contributed by atoms with van der Waals surface area (Å²) in [7, 11) is 1.65. The van der Waals surface area contributed by atoms with Crippen LogP contribution in [-0.2, 0) is 0 Å². The molecule has 0 aliphatic carbocycles. The molecule has 0 spiro atoms. The number of hydrogen-bond donors (Lipinski definition) is 2. The van der Waals surface area contributed by atoms with Crippen molar-refractivity contribution in [3.05, 3.63) is 48.0 Å². The normalized spacial score (nSPS) is 16.6. The first-order valence-corrected chi connectivity index (χ1v) is 6.13. The molecule has 0 radical (unpaired) electrons. The number of aromatic hydroxyl groups is 1. The zero-order valence-corrected chi connectivity index (χ0v) is 10.6. The minimum Gasteiger partial charge on any atom is -0.508 e. The van der Waals surface area contributed by atoms with Crippen molar-refractivity contribution < 1.29 is 14.6 Å². The second-order valence-corrected chi connectivity index (χ2v) is 4.43. The molecule has 1 aliphatic heterocycles. The molecule has 98 valence electrons. The number of nitrogens with one attached hydrogen (secondary N) is 1. The van der Waals surface area contributed by atoms with Gasteiger partial charge in [0, 0.05) is 11.6 Å². The van der Waals surface area contributed by atoms with Crippen molar-refractivity contribution in [1.29, 1.82) is 0 Å². The smallest absolute Gasteiger partial charge is 0.141 e. The predicted molar refractivity (Wildman–Crippen MR) is 73.0 cm³/mol. The second kappa shape index (κ2) is 4.72. The molecule has 0 bridgehead atoms. The van der Waals surface area contributed by atoms with Crippen molar-refractivity contribution in [3.63, 3.8) is 0 Å². The Morgan fingerprint density at radius 3 is 2.95 bits per heavy atom. The number of para-hydroxylation sites is 2. The van der Waals surface area contributed by atoms with Gasteiger partial charge in [-0.3, -0.25) is 0 Å². The van der Waals surface area contributed by atoms with Gasteiger partial charge in [-0.2, -0.15) is 0 Å². The number of fused-ring (bicyclic) bond motifs is 1. The van der Waals surface area contributed by atoms with Gasteiger partial charge in [-0.15, -0.1) is 0 Å². The number of phenolic OH excluding ortho intramolecular Hbond substituents is 1. The maximum absolute atomic E-state index is 9.43. The molecule has 2 aromatic carbocycles. The standard InChI is InChI=1S/C15H15NO3/c1-18-14-5-3-2-4-12(14)16-13-9-19-15-8-10(17)6-7-11(13)15/h2-8,13,16-17H,9H2,1H3. The molecular formula is C15H15NO3. The first-order chi connectivity index (χ1) is 9.28. The zero-order chi connectivity index (χ0) is 13.2. The number of methoxy groups -OCH3 is 1. The number of phenols is 1. The van der Waals surface area contributed by atoms with Crippen LogP contribution >= 0.6 is 0 Å². The van der Waals surface area contributed by atoms with Crippen LogP contribution in [0.3, 0.4) is 0 Å². The van der Waals surface area contributed by atoms with Crippen molar-refractivity contribution in [3.8, 4) is 17.2 Å². The molecular weight excluding hydrogens is 242 g/mol. The van der Waals surface area contributed by atoms with Crippen molar-refractivity contribution in [2.24, 2.45) is 0 Å². The molecule has 1 unspecified atom stereocenters. The van der Waals surface area contributed by atoms with Gasteiger partial charge < -0.3 is 19.9 Å². The van der Waals surface area contributed by atoms with Crippen LogP contribution in [0, 0.1) is 0 Å². The monoisotopic (exact) mass is 257 g/mol. The highest BCUT2D eigenvalue weighted by molar-refractivity contribution is 5.59. The van der Waals surface area contributed by atoms with Gasteiger partial charge >= 0.3 is 0 Å². The molecule has 2 N–H and O–H groups in total. The van der Waals surface area contributed by atoms with E-state index in [1.54, 1.807) is 19.2 Å². The maximum atomic E-state index is 9.43. The second-order valence-electron chi connectivity index (χ2n) is 4.43. The lowest BCUT2D eigenvalue weighted by Crippen LogP contribution is -2.12. The summed E-state index contributed by atoms with van der Waals surface area (Å²) < 4.78 is 10.9. The predicted octanol–water partition coefficient (Wildman–Crippen LogP) is 2.95. The Morgan fingerprint density at radius 1 is 1.26 bits per heavy atom. The Morgan fingerprint density at radius 2 is 2.11 bits per heavy atom. The van der Waals surface area contributed by atoms with Gasteiger partial charge in [0.05, 0.1) is 18.8 Å². The van der Waals surface area contributed by atoms with E-state index >= 15 is 0 Å². The Hall–Kier alpha value is -2.36. The van der Waals surface area contributed by atoms with Crippen molar-refractivity contribution >= 4 is 5.69 Å². The summed E-state index contributed by atoms with van der Waals surface area (Å²) in [5.41, 5.74) is 1.98. The van der Waals surface area contributed by atoms with Crippen LogP contribution in [0.1, 0.15) is 11.6 Å². The molecule has 4 heteroatoms. The lowest BCUT2D eigenvalue weighted by atomic mass is 10.1. The first-order valence-electron chi connectivity index (χ1n) is 6.13. The fraction of sp³-hybridized carbons (Fsp3) is 0.200. The van der Waals surface area contributed by atoms with Gasteiger partial charge in [-0.25, -0.2) is 0 Å². The van der Waals surface area contributed by atoms with Gasteiger partial charge in [0.1, 0.15) is 23.9 Å². The number of rotatable bonds is 3.